The summed E-state index contributed by atoms with van der Waals surface area (Å²) in [5.74, 6) is -0.217. The van der Waals surface area contributed by atoms with Crippen LogP contribution in [0.2, 0.25) is 0 Å². The van der Waals surface area contributed by atoms with Gasteiger partial charge in [-0.1, -0.05) is 17.7 Å². The molecule has 5 heteroatoms. The van der Waals surface area contributed by atoms with Crippen LogP contribution in [-0.4, -0.2) is 25.1 Å². The average molecular weight is 313 g/mol. The maximum atomic E-state index is 12.1. The molecular formula is C17H19N3OS. The molecule has 4 nitrogen and oxygen atoms in total. The number of aryl methyl sites for hydroxylation is 1. The van der Waals surface area contributed by atoms with E-state index in [1.807, 2.05) is 68.4 Å². The van der Waals surface area contributed by atoms with E-state index in [0.717, 1.165) is 16.9 Å². The summed E-state index contributed by atoms with van der Waals surface area (Å²) in [5.41, 5.74) is 3.55. The monoisotopic (exact) mass is 313 g/mol. The molecule has 0 radical (unpaired) electrons. The van der Waals surface area contributed by atoms with E-state index < -0.39 is 0 Å². The summed E-state index contributed by atoms with van der Waals surface area (Å²) in [4.78, 5) is 14.1. The van der Waals surface area contributed by atoms with Gasteiger partial charge in [-0.25, -0.2) is 0 Å². The zero-order valence-electron chi connectivity index (χ0n) is 12.9. The van der Waals surface area contributed by atoms with Crippen molar-refractivity contribution < 1.29 is 4.79 Å². The van der Waals surface area contributed by atoms with Crippen LogP contribution in [-0.2, 0) is 0 Å². The number of anilines is 2. The van der Waals surface area contributed by atoms with Crippen molar-refractivity contribution in [2.45, 2.75) is 6.92 Å². The Bertz CT molecular complexity index is 681. The lowest BCUT2D eigenvalue weighted by Crippen LogP contribution is -2.34. The second-order valence-electron chi connectivity index (χ2n) is 5.22. The zero-order chi connectivity index (χ0) is 16.1. The molecule has 2 N–H and O–H groups in total. The first-order valence-electron chi connectivity index (χ1n) is 6.92. The molecule has 0 spiro atoms. The molecule has 0 atom stereocenters. The molecule has 0 aliphatic carbocycles. The quantitative estimate of drug-likeness (QED) is 0.854. The number of hydrogen-bond acceptors (Lipinski definition) is 3. The summed E-state index contributed by atoms with van der Waals surface area (Å²) in [7, 11) is 3.96. The number of carbonyl (C=O) groups is 1. The maximum Gasteiger partial charge on any atom is 0.257 e. The Kier molecular flexibility index (Phi) is 5.12. The standard InChI is InChI=1S/C17H19N3OS/c1-12-5-4-6-13(11-12)16(21)19-17(22)18-14-7-9-15(10-8-14)20(2)3/h4-11H,1-3H3,(H2,18,19,21,22). The fourth-order valence-electron chi connectivity index (χ4n) is 1.97. The topological polar surface area (TPSA) is 44.4 Å². The second-order valence-corrected chi connectivity index (χ2v) is 5.63. The molecule has 0 fully saturated rings. The van der Waals surface area contributed by atoms with Gasteiger partial charge in [0.15, 0.2) is 5.11 Å². The normalized spacial score (nSPS) is 9.95. The minimum Gasteiger partial charge on any atom is -0.378 e. The fourth-order valence-corrected chi connectivity index (χ4v) is 2.18. The van der Waals surface area contributed by atoms with E-state index in [1.165, 1.54) is 0 Å². The first kappa shape index (κ1) is 16.0. The third kappa shape index (κ3) is 4.30. The Morgan fingerprint density at radius 3 is 2.36 bits per heavy atom. The highest BCUT2D eigenvalue weighted by atomic mass is 32.1. The number of thiocarbonyl (C=S) groups is 1. The first-order valence-corrected chi connectivity index (χ1v) is 7.33. The molecular weight excluding hydrogens is 294 g/mol. The largest absolute Gasteiger partial charge is 0.378 e. The van der Waals surface area contributed by atoms with Crippen molar-refractivity contribution in [3.8, 4) is 0 Å². The summed E-state index contributed by atoms with van der Waals surface area (Å²) in [5, 5.41) is 5.97. The fraction of sp³-hybridized carbons (Fsp3) is 0.176. The van der Waals surface area contributed by atoms with E-state index in [1.54, 1.807) is 6.07 Å². The van der Waals surface area contributed by atoms with Crippen LogP contribution in [0.3, 0.4) is 0 Å². The minimum atomic E-state index is -0.217. The van der Waals surface area contributed by atoms with Gasteiger partial charge < -0.3 is 10.2 Å². The van der Waals surface area contributed by atoms with Crippen LogP contribution in [0.4, 0.5) is 11.4 Å². The molecule has 0 saturated carbocycles. The lowest BCUT2D eigenvalue weighted by molar-refractivity contribution is 0.0977. The Morgan fingerprint density at radius 2 is 1.77 bits per heavy atom. The molecule has 2 aromatic carbocycles. The Hall–Kier alpha value is -2.40. The summed E-state index contributed by atoms with van der Waals surface area (Å²) < 4.78 is 0. The molecule has 0 bridgehead atoms. The molecule has 0 unspecified atom stereocenters. The SMILES string of the molecule is Cc1cccc(C(=O)NC(=S)Nc2ccc(N(C)C)cc2)c1. The number of nitrogens with zero attached hydrogens (tertiary/aromatic N) is 1. The Morgan fingerprint density at radius 1 is 1.09 bits per heavy atom. The van der Waals surface area contributed by atoms with Crippen molar-refractivity contribution in [3.05, 3.63) is 59.7 Å². The average Bonchev–Trinajstić information content (AvgIpc) is 2.47. The van der Waals surface area contributed by atoms with Crippen molar-refractivity contribution in [2.75, 3.05) is 24.3 Å². The summed E-state index contributed by atoms with van der Waals surface area (Å²) in [6.45, 7) is 1.94. The highest BCUT2D eigenvalue weighted by molar-refractivity contribution is 7.80. The third-order valence-electron chi connectivity index (χ3n) is 3.15. The van der Waals surface area contributed by atoms with Crippen LogP contribution < -0.4 is 15.5 Å². The van der Waals surface area contributed by atoms with Gasteiger partial charge in [0.05, 0.1) is 0 Å². The molecule has 0 aromatic heterocycles. The molecule has 22 heavy (non-hydrogen) atoms. The molecule has 0 aliphatic heterocycles. The van der Waals surface area contributed by atoms with Gasteiger partial charge in [0.2, 0.25) is 0 Å². The van der Waals surface area contributed by atoms with Gasteiger partial charge in [0.1, 0.15) is 0 Å². The molecule has 0 heterocycles. The number of rotatable bonds is 3. The second kappa shape index (κ2) is 7.04. The predicted molar refractivity (Wildman–Crippen MR) is 95.6 cm³/mol. The van der Waals surface area contributed by atoms with Crippen LogP contribution in [0.15, 0.2) is 48.5 Å². The van der Waals surface area contributed by atoms with Gasteiger partial charge >= 0.3 is 0 Å². The van der Waals surface area contributed by atoms with Crippen molar-refractivity contribution in [2.24, 2.45) is 0 Å². The molecule has 114 valence electrons. The number of benzene rings is 2. The van der Waals surface area contributed by atoms with E-state index >= 15 is 0 Å². The van der Waals surface area contributed by atoms with Crippen LogP contribution in [0.25, 0.3) is 0 Å². The highest BCUT2D eigenvalue weighted by Crippen LogP contribution is 2.15. The van der Waals surface area contributed by atoms with E-state index in [0.29, 0.717) is 5.56 Å². The lowest BCUT2D eigenvalue weighted by atomic mass is 10.1. The third-order valence-corrected chi connectivity index (χ3v) is 3.35. The van der Waals surface area contributed by atoms with E-state index in [9.17, 15) is 4.79 Å². The lowest BCUT2D eigenvalue weighted by Gasteiger charge is -2.14. The molecule has 2 rings (SSSR count). The molecule has 0 aliphatic rings. The first-order chi connectivity index (χ1) is 10.5. The van der Waals surface area contributed by atoms with Gasteiger partial charge in [0, 0.05) is 31.0 Å². The maximum absolute atomic E-state index is 12.1. The Labute approximate surface area is 136 Å². The van der Waals surface area contributed by atoms with Crippen molar-refractivity contribution in [1.82, 2.24) is 5.32 Å². The molecule has 0 saturated heterocycles. The zero-order valence-corrected chi connectivity index (χ0v) is 13.7. The highest BCUT2D eigenvalue weighted by Gasteiger charge is 2.08. The van der Waals surface area contributed by atoms with Crippen LogP contribution in [0.1, 0.15) is 15.9 Å². The summed E-state index contributed by atoms with van der Waals surface area (Å²) >= 11 is 5.18. The van der Waals surface area contributed by atoms with Crippen LogP contribution in [0.5, 0.6) is 0 Å². The molecule has 2 aromatic rings. The summed E-state index contributed by atoms with van der Waals surface area (Å²) in [6.07, 6.45) is 0. The molecule has 1 amide bonds. The van der Waals surface area contributed by atoms with E-state index in [-0.39, 0.29) is 11.0 Å². The number of carbonyl (C=O) groups excluding carboxylic acids is 1. The number of nitrogens with one attached hydrogen (secondary N) is 2. The van der Waals surface area contributed by atoms with Gasteiger partial charge in [-0.05, 0) is 55.5 Å². The number of hydrogen-bond donors (Lipinski definition) is 2. The van der Waals surface area contributed by atoms with Gasteiger partial charge in [-0.3, -0.25) is 10.1 Å². The van der Waals surface area contributed by atoms with Gasteiger partial charge in [0.25, 0.3) is 5.91 Å². The number of amides is 1. The van der Waals surface area contributed by atoms with Crippen LogP contribution in [0, 0.1) is 6.92 Å². The van der Waals surface area contributed by atoms with E-state index in [4.69, 9.17) is 12.2 Å². The Balaban J connectivity index is 1.96. The minimum absolute atomic E-state index is 0.217. The van der Waals surface area contributed by atoms with Crippen molar-refractivity contribution in [3.63, 3.8) is 0 Å². The summed E-state index contributed by atoms with van der Waals surface area (Å²) in [6, 6.07) is 15.2. The predicted octanol–water partition coefficient (Wildman–Crippen LogP) is 3.19. The van der Waals surface area contributed by atoms with Gasteiger partial charge in [-0.2, -0.15) is 0 Å². The van der Waals surface area contributed by atoms with E-state index in [2.05, 4.69) is 10.6 Å². The van der Waals surface area contributed by atoms with Crippen molar-refractivity contribution in [1.29, 1.82) is 0 Å². The van der Waals surface area contributed by atoms with Crippen LogP contribution >= 0.6 is 12.2 Å². The van der Waals surface area contributed by atoms with Crippen molar-refractivity contribution >= 4 is 34.6 Å². The smallest absolute Gasteiger partial charge is 0.257 e. The van der Waals surface area contributed by atoms with Gasteiger partial charge in [-0.15, -0.1) is 0 Å².